The molecule has 0 radical (unpaired) electrons. The molecule has 0 bridgehead atoms. The molecule has 1 aromatic carbocycles. The normalized spacial score (nSPS) is 14.6. The first-order valence-corrected chi connectivity index (χ1v) is 9.67. The topological polar surface area (TPSA) is 34.1 Å². The number of rotatable bonds is 3. The Morgan fingerprint density at radius 1 is 1.17 bits per heavy atom. The summed E-state index contributed by atoms with van der Waals surface area (Å²) in [4.78, 5) is -0.286. The van der Waals surface area contributed by atoms with Crippen molar-refractivity contribution in [1.29, 1.82) is 0 Å². The molecule has 0 aliphatic rings. The van der Waals surface area contributed by atoms with Gasteiger partial charge in [-0.2, -0.15) is 0 Å². The van der Waals surface area contributed by atoms with E-state index in [2.05, 4.69) is 47.8 Å². The summed E-state index contributed by atoms with van der Waals surface area (Å²) < 4.78 is 24.7. The maximum absolute atomic E-state index is 11.9. The monoisotopic (exact) mass is 460 g/mol. The van der Waals surface area contributed by atoms with E-state index in [0.29, 0.717) is 0 Å². The van der Waals surface area contributed by atoms with E-state index < -0.39 is 14.6 Å². The van der Waals surface area contributed by atoms with Gasteiger partial charge in [0.15, 0.2) is 9.84 Å². The first-order valence-electron chi connectivity index (χ1n) is 5.27. The Kier molecular flexibility index (Phi) is 5.13. The highest BCUT2D eigenvalue weighted by Crippen LogP contribution is 2.43. The summed E-state index contributed by atoms with van der Waals surface area (Å²) in [6.45, 7) is 5.44. The zero-order chi connectivity index (χ0) is 14.3. The Balaban J connectivity index is 3.36. The maximum atomic E-state index is 11.9. The van der Waals surface area contributed by atoms with E-state index >= 15 is 0 Å². The van der Waals surface area contributed by atoms with E-state index in [-0.39, 0.29) is 4.83 Å². The summed E-state index contributed by atoms with van der Waals surface area (Å²) in [5.41, 5.74) is 2.02. The number of hydrogen-bond acceptors (Lipinski definition) is 2. The van der Waals surface area contributed by atoms with Gasteiger partial charge in [0.2, 0.25) is 0 Å². The van der Waals surface area contributed by atoms with Crippen LogP contribution in [0.4, 0.5) is 0 Å². The van der Waals surface area contributed by atoms with Gasteiger partial charge in [0.1, 0.15) is 0 Å². The number of hydrogen-bond donors (Lipinski definition) is 0. The molecule has 0 heterocycles. The molecule has 1 aromatic rings. The summed E-state index contributed by atoms with van der Waals surface area (Å²) in [6, 6.07) is 3.93. The number of aryl methyl sites for hydroxylation is 1. The van der Waals surface area contributed by atoms with Crippen LogP contribution < -0.4 is 0 Å². The van der Waals surface area contributed by atoms with Gasteiger partial charge in [0, 0.05) is 15.2 Å². The van der Waals surface area contributed by atoms with Gasteiger partial charge in [-0.25, -0.2) is 8.42 Å². The minimum Gasteiger partial charge on any atom is -0.229 e. The molecule has 0 aliphatic heterocycles. The van der Waals surface area contributed by atoms with Crippen LogP contribution in [0.15, 0.2) is 21.1 Å². The highest BCUT2D eigenvalue weighted by atomic mass is 79.9. The number of alkyl halides is 1. The third-order valence-corrected chi connectivity index (χ3v) is 8.75. The molecular formula is C12H15Br3O2S. The Labute approximate surface area is 134 Å². The van der Waals surface area contributed by atoms with Gasteiger partial charge in [0.05, 0.1) is 9.57 Å². The molecular weight excluding hydrogens is 448 g/mol. The fourth-order valence-electron chi connectivity index (χ4n) is 1.42. The van der Waals surface area contributed by atoms with Crippen molar-refractivity contribution in [1.82, 2.24) is 0 Å². The number of sulfone groups is 1. The predicted octanol–water partition coefficient (Wildman–Crippen LogP) is 4.78. The second-order valence-corrected chi connectivity index (χ2v) is 10.1. The molecule has 0 saturated carbocycles. The van der Waals surface area contributed by atoms with Gasteiger partial charge in [-0.3, -0.25) is 0 Å². The van der Waals surface area contributed by atoms with Crippen molar-refractivity contribution >= 4 is 57.6 Å². The van der Waals surface area contributed by atoms with Crippen molar-refractivity contribution in [3.05, 3.63) is 32.2 Å². The molecule has 0 saturated heterocycles. The van der Waals surface area contributed by atoms with Crippen LogP contribution >= 0.6 is 47.8 Å². The maximum Gasteiger partial charge on any atom is 0.154 e. The largest absolute Gasteiger partial charge is 0.229 e. The van der Waals surface area contributed by atoms with Crippen LogP contribution in [-0.4, -0.2) is 19.4 Å². The molecule has 0 amide bonds. The Morgan fingerprint density at radius 3 is 2.11 bits per heavy atom. The van der Waals surface area contributed by atoms with Crippen molar-refractivity contribution in [3.8, 4) is 0 Å². The summed E-state index contributed by atoms with van der Waals surface area (Å²) in [6.07, 6.45) is 1.26. The first kappa shape index (κ1) is 16.7. The fourth-order valence-corrected chi connectivity index (χ4v) is 4.67. The van der Waals surface area contributed by atoms with Crippen molar-refractivity contribution in [2.75, 3.05) is 6.26 Å². The minimum atomic E-state index is -3.17. The van der Waals surface area contributed by atoms with Gasteiger partial charge < -0.3 is 0 Å². The number of benzene rings is 1. The Bertz CT molecular complexity index is 565. The average Bonchev–Trinajstić information content (AvgIpc) is 2.20. The molecule has 0 fully saturated rings. The Hall–Kier alpha value is 0.610. The number of halogens is 3. The van der Waals surface area contributed by atoms with E-state index in [4.69, 9.17) is 0 Å². The van der Waals surface area contributed by atoms with Gasteiger partial charge in [-0.15, -0.1) is 0 Å². The molecule has 18 heavy (non-hydrogen) atoms. The summed E-state index contributed by atoms with van der Waals surface area (Å²) in [7, 11) is -3.17. The standard InChI is InChI=1S/C12H15Br3O2S/c1-7-5-10(14)8(6-9(7)13)11(15)12(2,3)18(4,16)17/h5-6,11H,1-4H3. The van der Waals surface area contributed by atoms with Crippen molar-refractivity contribution in [2.24, 2.45) is 0 Å². The SMILES string of the molecule is Cc1cc(Br)c(C(Br)C(C)(C)S(C)(=O)=O)cc1Br. The lowest BCUT2D eigenvalue weighted by molar-refractivity contribution is 0.548. The van der Waals surface area contributed by atoms with Crippen LogP contribution in [0.3, 0.4) is 0 Å². The second kappa shape index (κ2) is 5.54. The van der Waals surface area contributed by atoms with Crippen LogP contribution in [0, 0.1) is 6.92 Å². The average molecular weight is 463 g/mol. The van der Waals surface area contributed by atoms with Gasteiger partial charge in [-0.1, -0.05) is 47.8 Å². The van der Waals surface area contributed by atoms with Crippen LogP contribution in [0.25, 0.3) is 0 Å². The molecule has 1 atom stereocenters. The molecule has 0 N–H and O–H groups in total. The molecule has 1 unspecified atom stereocenters. The Morgan fingerprint density at radius 2 is 1.67 bits per heavy atom. The molecule has 0 spiro atoms. The second-order valence-electron chi connectivity index (χ2n) is 4.86. The summed E-state index contributed by atoms with van der Waals surface area (Å²) >= 11 is 10.5. The molecule has 0 aromatic heterocycles. The minimum absolute atomic E-state index is 0.286. The quantitative estimate of drug-likeness (QED) is 0.606. The summed E-state index contributed by atoms with van der Waals surface area (Å²) in [5, 5.41) is 0. The molecule has 0 aliphatic carbocycles. The summed E-state index contributed by atoms with van der Waals surface area (Å²) in [5.74, 6) is 0. The fraction of sp³-hybridized carbons (Fsp3) is 0.500. The highest BCUT2D eigenvalue weighted by Gasteiger charge is 2.39. The van der Waals surface area contributed by atoms with Crippen LogP contribution in [0.2, 0.25) is 0 Å². The molecule has 2 nitrogen and oxygen atoms in total. The van der Waals surface area contributed by atoms with Crippen molar-refractivity contribution in [2.45, 2.75) is 30.3 Å². The van der Waals surface area contributed by atoms with Crippen LogP contribution in [0.5, 0.6) is 0 Å². The molecule has 6 heteroatoms. The van der Waals surface area contributed by atoms with E-state index in [1.165, 1.54) is 6.26 Å². The molecule has 1 rings (SSSR count). The molecule has 102 valence electrons. The van der Waals surface area contributed by atoms with Crippen LogP contribution in [0.1, 0.15) is 29.8 Å². The van der Waals surface area contributed by atoms with Gasteiger partial charge in [0.25, 0.3) is 0 Å². The zero-order valence-corrected chi connectivity index (χ0v) is 16.2. The first-order chi connectivity index (χ1) is 7.98. The third kappa shape index (κ3) is 3.19. The lowest BCUT2D eigenvalue weighted by Gasteiger charge is -2.29. The van der Waals surface area contributed by atoms with Gasteiger partial charge >= 0.3 is 0 Å². The van der Waals surface area contributed by atoms with E-state index in [9.17, 15) is 8.42 Å². The van der Waals surface area contributed by atoms with E-state index in [1.54, 1.807) is 13.8 Å². The van der Waals surface area contributed by atoms with E-state index in [1.807, 2.05) is 19.1 Å². The van der Waals surface area contributed by atoms with E-state index in [0.717, 1.165) is 20.1 Å². The van der Waals surface area contributed by atoms with Crippen molar-refractivity contribution < 1.29 is 8.42 Å². The lowest BCUT2D eigenvalue weighted by atomic mass is 10.0. The van der Waals surface area contributed by atoms with Crippen molar-refractivity contribution in [3.63, 3.8) is 0 Å². The predicted molar refractivity (Wildman–Crippen MR) is 87.2 cm³/mol. The smallest absolute Gasteiger partial charge is 0.154 e. The van der Waals surface area contributed by atoms with Crippen LogP contribution in [-0.2, 0) is 9.84 Å². The zero-order valence-electron chi connectivity index (χ0n) is 10.6. The highest BCUT2D eigenvalue weighted by molar-refractivity contribution is 9.11. The van der Waals surface area contributed by atoms with Gasteiger partial charge in [-0.05, 0) is 44.0 Å². The third-order valence-electron chi connectivity index (χ3n) is 3.12. The lowest BCUT2D eigenvalue weighted by Crippen LogP contribution is -2.35.